The Bertz CT molecular complexity index is 648. The SMILES string of the molecule is CC(O)(c1ccccc1Cl)C1(C#N)CCS(=O)(=O)C1. The average Bonchev–Trinajstić information content (AvgIpc) is 2.67. The predicted molar refractivity (Wildman–Crippen MR) is 72.3 cm³/mol. The van der Waals surface area contributed by atoms with E-state index in [0.717, 1.165) is 0 Å². The minimum absolute atomic E-state index is 0.0822. The monoisotopic (exact) mass is 299 g/mol. The van der Waals surface area contributed by atoms with Crippen LogP contribution in [-0.4, -0.2) is 25.0 Å². The third kappa shape index (κ3) is 2.25. The summed E-state index contributed by atoms with van der Waals surface area (Å²) in [4.78, 5) is 0. The fourth-order valence-corrected chi connectivity index (χ4v) is 4.91. The van der Waals surface area contributed by atoms with E-state index in [-0.39, 0.29) is 17.9 Å². The molecule has 2 unspecified atom stereocenters. The molecule has 1 aromatic carbocycles. The molecule has 1 fully saturated rings. The minimum atomic E-state index is -3.30. The molecule has 0 bridgehead atoms. The van der Waals surface area contributed by atoms with Crippen LogP contribution in [0.4, 0.5) is 0 Å². The van der Waals surface area contributed by atoms with Crippen molar-refractivity contribution in [3.63, 3.8) is 0 Å². The Labute approximate surface area is 117 Å². The van der Waals surface area contributed by atoms with Gasteiger partial charge in [0.15, 0.2) is 9.84 Å². The van der Waals surface area contributed by atoms with Crippen LogP contribution in [0.1, 0.15) is 18.9 Å². The van der Waals surface area contributed by atoms with E-state index in [0.29, 0.717) is 10.6 Å². The number of hydrogen-bond donors (Lipinski definition) is 1. The summed E-state index contributed by atoms with van der Waals surface area (Å²) in [6, 6.07) is 8.65. The largest absolute Gasteiger partial charge is 0.384 e. The Hall–Kier alpha value is -1.09. The Morgan fingerprint density at radius 3 is 2.58 bits per heavy atom. The zero-order valence-corrected chi connectivity index (χ0v) is 12.0. The van der Waals surface area contributed by atoms with Crippen molar-refractivity contribution >= 4 is 21.4 Å². The number of hydrogen-bond acceptors (Lipinski definition) is 4. The first-order chi connectivity index (χ1) is 8.74. The first-order valence-electron chi connectivity index (χ1n) is 5.83. The van der Waals surface area contributed by atoms with Crippen molar-refractivity contribution in [3.8, 4) is 6.07 Å². The van der Waals surface area contributed by atoms with Gasteiger partial charge in [0.05, 0.1) is 17.6 Å². The van der Waals surface area contributed by atoms with E-state index >= 15 is 0 Å². The molecule has 0 radical (unpaired) electrons. The third-order valence-electron chi connectivity index (χ3n) is 3.85. The van der Waals surface area contributed by atoms with E-state index in [9.17, 15) is 18.8 Å². The maximum absolute atomic E-state index is 11.7. The fourth-order valence-electron chi connectivity index (χ4n) is 2.54. The molecule has 0 aromatic heterocycles. The molecule has 1 N–H and O–H groups in total. The van der Waals surface area contributed by atoms with Crippen molar-refractivity contribution in [2.75, 3.05) is 11.5 Å². The van der Waals surface area contributed by atoms with Gasteiger partial charge in [-0.2, -0.15) is 5.26 Å². The number of aliphatic hydroxyl groups is 1. The second-order valence-electron chi connectivity index (χ2n) is 5.09. The van der Waals surface area contributed by atoms with Gasteiger partial charge in [-0.1, -0.05) is 29.8 Å². The molecule has 4 nitrogen and oxygen atoms in total. The second-order valence-corrected chi connectivity index (χ2v) is 7.68. The average molecular weight is 300 g/mol. The Morgan fingerprint density at radius 1 is 1.47 bits per heavy atom. The van der Waals surface area contributed by atoms with Crippen LogP contribution >= 0.6 is 11.6 Å². The highest BCUT2D eigenvalue weighted by atomic mass is 35.5. The lowest BCUT2D eigenvalue weighted by Gasteiger charge is -2.37. The summed E-state index contributed by atoms with van der Waals surface area (Å²) < 4.78 is 23.3. The maximum atomic E-state index is 11.7. The van der Waals surface area contributed by atoms with Gasteiger partial charge >= 0.3 is 0 Å². The van der Waals surface area contributed by atoms with Gasteiger partial charge in [0.25, 0.3) is 0 Å². The van der Waals surface area contributed by atoms with Crippen molar-refractivity contribution in [2.24, 2.45) is 5.41 Å². The molecule has 19 heavy (non-hydrogen) atoms. The summed E-state index contributed by atoms with van der Waals surface area (Å²) in [6.45, 7) is 1.46. The second kappa shape index (κ2) is 4.48. The molecule has 0 spiro atoms. The summed E-state index contributed by atoms with van der Waals surface area (Å²) in [7, 11) is -3.30. The lowest BCUT2D eigenvalue weighted by Crippen LogP contribution is -2.43. The highest BCUT2D eigenvalue weighted by molar-refractivity contribution is 7.91. The van der Waals surface area contributed by atoms with Crippen LogP contribution in [0.2, 0.25) is 5.02 Å². The van der Waals surface area contributed by atoms with Crippen LogP contribution in [0.3, 0.4) is 0 Å². The molecule has 1 aliphatic rings. The summed E-state index contributed by atoms with van der Waals surface area (Å²) in [5.74, 6) is -0.421. The molecule has 0 saturated carbocycles. The van der Waals surface area contributed by atoms with Crippen LogP contribution in [-0.2, 0) is 15.4 Å². The summed E-state index contributed by atoms with van der Waals surface area (Å²) in [6.07, 6.45) is 0.115. The summed E-state index contributed by atoms with van der Waals surface area (Å²) in [5, 5.41) is 20.5. The van der Waals surface area contributed by atoms with Crippen LogP contribution in [0.5, 0.6) is 0 Å². The predicted octanol–water partition coefficient (Wildman–Crippen LogP) is 1.88. The lowest BCUT2D eigenvalue weighted by molar-refractivity contribution is -0.0322. The molecule has 102 valence electrons. The highest BCUT2D eigenvalue weighted by Gasteiger charge is 2.55. The van der Waals surface area contributed by atoms with Crippen molar-refractivity contribution < 1.29 is 13.5 Å². The molecule has 2 atom stereocenters. The topological polar surface area (TPSA) is 78.2 Å². The molecular weight excluding hydrogens is 286 g/mol. The van der Waals surface area contributed by atoms with Crippen molar-refractivity contribution in [1.29, 1.82) is 5.26 Å². The van der Waals surface area contributed by atoms with Crippen LogP contribution < -0.4 is 0 Å². The Kier molecular flexibility index (Phi) is 3.38. The smallest absolute Gasteiger partial charge is 0.152 e. The van der Waals surface area contributed by atoms with E-state index in [4.69, 9.17) is 11.6 Å². The van der Waals surface area contributed by atoms with E-state index in [1.165, 1.54) is 6.92 Å². The Balaban J connectivity index is 2.56. The van der Waals surface area contributed by atoms with Gasteiger partial charge in [-0.15, -0.1) is 0 Å². The molecule has 1 aliphatic heterocycles. The van der Waals surface area contributed by atoms with Gasteiger partial charge in [0, 0.05) is 10.6 Å². The third-order valence-corrected chi connectivity index (χ3v) is 5.94. The van der Waals surface area contributed by atoms with Gasteiger partial charge < -0.3 is 5.11 Å². The number of nitriles is 1. The van der Waals surface area contributed by atoms with Crippen LogP contribution in [0, 0.1) is 16.7 Å². The van der Waals surface area contributed by atoms with Gasteiger partial charge in [-0.3, -0.25) is 0 Å². The number of rotatable bonds is 2. The lowest BCUT2D eigenvalue weighted by atomic mass is 9.70. The molecule has 1 aromatic rings. The Morgan fingerprint density at radius 2 is 2.11 bits per heavy atom. The molecule has 6 heteroatoms. The van der Waals surface area contributed by atoms with Crippen LogP contribution in [0.15, 0.2) is 24.3 Å². The molecule has 1 heterocycles. The number of nitrogens with zero attached hydrogens (tertiary/aromatic N) is 1. The summed E-state index contributed by atoms with van der Waals surface area (Å²) in [5.41, 5.74) is -2.57. The molecule has 1 saturated heterocycles. The number of sulfone groups is 1. The minimum Gasteiger partial charge on any atom is -0.384 e. The first kappa shape index (κ1) is 14.3. The maximum Gasteiger partial charge on any atom is 0.152 e. The van der Waals surface area contributed by atoms with Crippen molar-refractivity contribution in [3.05, 3.63) is 34.9 Å². The van der Waals surface area contributed by atoms with E-state index in [2.05, 4.69) is 0 Å². The van der Waals surface area contributed by atoms with Crippen molar-refractivity contribution in [2.45, 2.75) is 18.9 Å². The molecular formula is C13H14ClNO3S. The summed E-state index contributed by atoms with van der Waals surface area (Å²) >= 11 is 6.06. The van der Waals surface area contributed by atoms with Crippen LogP contribution in [0.25, 0.3) is 0 Å². The van der Waals surface area contributed by atoms with Gasteiger partial charge in [0.2, 0.25) is 0 Å². The molecule has 2 rings (SSSR count). The van der Waals surface area contributed by atoms with Gasteiger partial charge in [-0.05, 0) is 19.4 Å². The number of halogens is 1. The molecule has 0 aliphatic carbocycles. The van der Waals surface area contributed by atoms with Gasteiger partial charge in [0.1, 0.15) is 11.0 Å². The quantitative estimate of drug-likeness (QED) is 0.904. The van der Waals surface area contributed by atoms with E-state index in [1.54, 1.807) is 24.3 Å². The zero-order chi connectivity index (χ0) is 14.3. The fraction of sp³-hybridized carbons (Fsp3) is 0.462. The normalized spacial score (nSPS) is 28.5. The van der Waals surface area contributed by atoms with Gasteiger partial charge in [-0.25, -0.2) is 8.42 Å². The number of benzene rings is 1. The van der Waals surface area contributed by atoms with Crippen molar-refractivity contribution in [1.82, 2.24) is 0 Å². The standard InChI is InChI=1S/C13H14ClNO3S/c1-12(16,10-4-2-3-5-11(10)14)13(8-15)6-7-19(17,18)9-13/h2-5,16H,6-7,9H2,1H3. The highest BCUT2D eigenvalue weighted by Crippen LogP contribution is 2.48. The zero-order valence-electron chi connectivity index (χ0n) is 10.4. The van der Waals surface area contributed by atoms with E-state index < -0.39 is 20.9 Å². The first-order valence-corrected chi connectivity index (χ1v) is 8.03. The van der Waals surface area contributed by atoms with E-state index in [1.807, 2.05) is 6.07 Å². The molecule has 0 amide bonds.